The molecule has 1 heterocycles. The SMILES string of the molecule is Cc1ccc(CCC(=O)Nc2ccn(CC(=O)O)n2)c(C)c1. The molecule has 1 aromatic carbocycles. The molecule has 0 aliphatic carbocycles. The van der Waals surface area contributed by atoms with Crippen LogP contribution in [-0.4, -0.2) is 26.8 Å². The fraction of sp³-hybridized carbons (Fsp3) is 0.312. The number of carboxylic acids is 1. The number of nitrogens with zero attached hydrogens (tertiary/aromatic N) is 2. The summed E-state index contributed by atoms with van der Waals surface area (Å²) in [6, 6.07) is 7.76. The first-order valence-electron chi connectivity index (χ1n) is 7.05. The number of hydrogen-bond donors (Lipinski definition) is 2. The highest BCUT2D eigenvalue weighted by Crippen LogP contribution is 2.13. The zero-order valence-corrected chi connectivity index (χ0v) is 12.7. The summed E-state index contributed by atoms with van der Waals surface area (Å²) < 4.78 is 1.27. The van der Waals surface area contributed by atoms with Crippen LogP contribution in [0.3, 0.4) is 0 Å². The van der Waals surface area contributed by atoms with Crippen molar-refractivity contribution < 1.29 is 14.7 Å². The highest BCUT2D eigenvalue weighted by Gasteiger charge is 2.08. The first-order valence-corrected chi connectivity index (χ1v) is 7.05. The molecule has 0 fully saturated rings. The van der Waals surface area contributed by atoms with Crippen LogP contribution < -0.4 is 5.32 Å². The number of benzene rings is 1. The Bertz CT molecular complexity index is 692. The molecule has 0 bridgehead atoms. The van der Waals surface area contributed by atoms with E-state index in [0.29, 0.717) is 18.7 Å². The molecule has 116 valence electrons. The maximum atomic E-state index is 11.9. The number of carbonyl (C=O) groups excluding carboxylic acids is 1. The topological polar surface area (TPSA) is 84.2 Å². The lowest BCUT2D eigenvalue weighted by molar-refractivity contribution is -0.137. The third-order valence-corrected chi connectivity index (χ3v) is 3.32. The molecule has 1 amide bonds. The second kappa shape index (κ2) is 6.89. The molecule has 0 aliphatic heterocycles. The normalized spacial score (nSPS) is 10.5. The van der Waals surface area contributed by atoms with Crippen molar-refractivity contribution in [2.75, 3.05) is 5.32 Å². The van der Waals surface area contributed by atoms with Gasteiger partial charge in [0.1, 0.15) is 6.54 Å². The number of hydrogen-bond acceptors (Lipinski definition) is 3. The number of carbonyl (C=O) groups is 2. The summed E-state index contributed by atoms with van der Waals surface area (Å²) in [6.07, 6.45) is 2.54. The van der Waals surface area contributed by atoms with Gasteiger partial charge in [-0.25, -0.2) is 0 Å². The van der Waals surface area contributed by atoms with E-state index in [4.69, 9.17) is 5.11 Å². The fourth-order valence-corrected chi connectivity index (χ4v) is 2.23. The Morgan fingerprint density at radius 2 is 2.05 bits per heavy atom. The number of amides is 1. The van der Waals surface area contributed by atoms with Crippen molar-refractivity contribution in [3.05, 3.63) is 47.2 Å². The number of aromatic nitrogens is 2. The van der Waals surface area contributed by atoms with Gasteiger partial charge in [0.2, 0.25) is 5.91 Å². The van der Waals surface area contributed by atoms with Crippen LogP contribution in [0, 0.1) is 13.8 Å². The van der Waals surface area contributed by atoms with Crippen LogP contribution in [0.1, 0.15) is 23.1 Å². The molecular formula is C16H19N3O3. The van der Waals surface area contributed by atoms with E-state index in [9.17, 15) is 9.59 Å². The number of rotatable bonds is 6. The second-order valence-corrected chi connectivity index (χ2v) is 5.27. The molecule has 0 aliphatic rings. The molecule has 2 N–H and O–H groups in total. The first kappa shape index (κ1) is 15.8. The lowest BCUT2D eigenvalue weighted by Gasteiger charge is -2.07. The van der Waals surface area contributed by atoms with Gasteiger partial charge in [0, 0.05) is 18.7 Å². The maximum absolute atomic E-state index is 11.9. The molecule has 0 spiro atoms. The van der Waals surface area contributed by atoms with Crippen molar-refractivity contribution in [2.45, 2.75) is 33.2 Å². The minimum absolute atomic E-state index is 0.138. The lowest BCUT2D eigenvalue weighted by Crippen LogP contribution is -2.14. The second-order valence-electron chi connectivity index (χ2n) is 5.27. The quantitative estimate of drug-likeness (QED) is 0.856. The molecular weight excluding hydrogens is 282 g/mol. The van der Waals surface area contributed by atoms with E-state index in [0.717, 1.165) is 5.56 Å². The van der Waals surface area contributed by atoms with Crippen LogP contribution in [0.25, 0.3) is 0 Å². The average molecular weight is 301 g/mol. The van der Waals surface area contributed by atoms with Crippen LogP contribution in [0.2, 0.25) is 0 Å². The van der Waals surface area contributed by atoms with Gasteiger partial charge in [-0.1, -0.05) is 23.8 Å². The van der Waals surface area contributed by atoms with Gasteiger partial charge >= 0.3 is 5.97 Å². The number of anilines is 1. The van der Waals surface area contributed by atoms with Crippen LogP contribution in [0.15, 0.2) is 30.5 Å². The van der Waals surface area contributed by atoms with Crippen molar-refractivity contribution in [3.8, 4) is 0 Å². The minimum Gasteiger partial charge on any atom is -0.480 e. The van der Waals surface area contributed by atoms with Crippen LogP contribution >= 0.6 is 0 Å². The summed E-state index contributed by atoms with van der Waals surface area (Å²) in [4.78, 5) is 22.5. The smallest absolute Gasteiger partial charge is 0.325 e. The molecule has 0 unspecified atom stereocenters. The van der Waals surface area contributed by atoms with Gasteiger partial charge < -0.3 is 10.4 Å². The van der Waals surface area contributed by atoms with Crippen molar-refractivity contribution in [1.29, 1.82) is 0 Å². The van der Waals surface area contributed by atoms with Gasteiger partial charge in [-0.15, -0.1) is 0 Å². The van der Waals surface area contributed by atoms with Crippen LogP contribution in [0.5, 0.6) is 0 Å². The van der Waals surface area contributed by atoms with Crippen LogP contribution in [0.4, 0.5) is 5.82 Å². The zero-order valence-electron chi connectivity index (χ0n) is 12.7. The van der Waals surface area contributed by atoms with Crippen molar-refractivity contribution in [2.24, 2.45) is 0 Å². The van der Waals surface area contributed by atoms with Crippen LogP contribution in [-0.2, 0) is 22.6 Å². The number of nitrogens with one attached hydrogen (secondary N) is 1. The van der Waals surface area contributed by atoms with Crippen molar-refractivity contribution >= 4 is 17.7 Å². The Morgan fingerprint density at radius 3 is 2.73 bits per heavy atom. The molecule has 0 saturated heterocycles. The summed E-state index contributed by atoms with van der Waals surface area (Å²) >= 11 is 0. The highest BCUT2D eigenvalue weighted by atomic mass is 16.4. The van der Waals surface area contributed by atoms with E-state index < -0.39 is 5.97 Å². The predicted molar refractivity (Wildman–Crippen MR) is 82.7 cm³/mol. The molecule has 6 nitrogen and oxygen atoms in total. The van der Waals surface area contributed by atoms with E-state index >= 15 is 0 Å². The highest BCUT2D eigenvalue weighted by molar-refractivity contribution is 5.89. The third kappa shape index (κ3) is 4.44. The van der Waals surface area contributed by atoms with E-state index in [1.54, 1.807) is 6.07 Å². The molecule has 0 saturated carbocycles. The molecule has 2 rings (SSSR count). The minimum atomic E-state index is -0.976. The monoisotopic (exact) mass is 301 g/mol. The number of carboxylic acid groups (broad SMARTS) is 1. The van der Waals surface area contributed by atoms with Gasteiger partial charge in [-0.2, -0.15) is 5.10 Å². The van der Waals surface area contributed by atoms with Gasteiger partial charge in [0.05, 0.1) is 0 Å². The molecule has 0 atom stereocenters. The summed E-state index contributed by atoms with van der Waals surface area (Å²) in [5.74, 6) is -0.747. The average Bonchev–Trinajstić information content (AvgIpc) is 2.84. The number of aliphatic carboxylic acids is 1. The van der Waals surface area contributed by atoms with Gasteiger partial charge in [-0.3, -0.25) is 14.3 Å². The van der Waals surface area contributed by atoms with Crippen molar-refractivity contribution in [3.63, 3.8) is 0 Å². The summed E-state index contributed by atoms with van der Waals surface area (Å²) in [6.45, 7) is 3.85. The Hall–Kier alpha value is -2.63. The summed E-state index contributed by atoms with van der Waals surface area (Å²) in [5, 5.41) is 15.3. The summed E-state index contributed by atoms with van der Waals surface area (Å²) in [5.41, 5.74) is 3.53. The maximum Gasteiger partial charge on any atom is 0.325 e. The van der Waals surface area contributed by atoms with Gasteiger partial charge in [0.15, 0.2) is 5.82 Å². The Balaban J connectivity index is 1.87. The van der Waals surface area contributed by atoms with E-state index in [-0.39, 0.29) is 12.5 Å². The Kier molecular flexibility index (Phi) is 4.93. The molecule has 1 aromatic heterocycles. The fourth-order valence-electron chi connectivity index (χ4n) is 2.23. The first-order chi connectivity index (χ1) is 10.4. The molecule has 22 heavy (non-hydrogen) atoms. The molecule has 0 radical (unpaired) electrons. The third-order valence-electron chi connectivity index (χ3n) is 3.32. The van der Waals surface area contributed by atoms with Crippen molar-refractivity contribution in [1.82, 2.24) is 9.78 Å². The Morgan fingerprint density at radius 1 is 1.27 bits per heavy atom. The Labute approximate surface area is 128 Å². The molecule has 6 heteroatoms. The lowest BCUT2D eigenvalue weighted by atomic mass is 10.0. The zero-order chi connectivity index (χ0) is 16.1. The van der Waals surface area contributed by atoms with E-state index in [2.05, 4.69) is 16.5 Å². The van der Waals surface area contributed by atoms with Gasteiger partial charge in [0.25, 0.3) is 0 Å². The van der Waals surface area contributed by atoms with E-state index in [1.807, 2.05) is 26.0 Å². The number of aryl methyl sites for hydroxylation is 3. The molecule has 2 aromatic rings. The largest absolute Gasteiger partial charge is 0.480 e. The van der Waals surface area contributed by atoms with E-state index in [1.165, 1.54) is 22.0 Å². The van der Waals surface area contributed by atoms with Gasteiger partial charge in [-0.05, 0) is 31.4 Å². The predicted octanol–water partition coefficient (Wildman–Crippen LogP) is 2.16. The summed E-state index contributed by atoms with van der Waals surface area (Å²) in [7, 11) is 0. The standard InChI is InChI=1S/C16H19N3O3/c1-11-3-4-13(12(2)9-11)5-6-15(20)17-14-7-8-19(18-14)10-16(21)22/h3-4,7-9H,5-6,10H2,1-2H3,(H,21,22)(H,17,18,20).